The molecule has 0 bridgehead atoms. The summed E-state index contributed by atoms with van der Waals surface area (Å²) in [4.78, 5) is 4.75. The first-order valence-electron chi connectivity index (χ1n) is 7.28. The molecule has 4 nitrogen and oxygen atoms in total. The second kappa shape index (κ2) is 6.74. The highest BCUT2D eigenvalue weighted by molar-refractivity contribution is 5.61. The first-order chi connectivity index (χ1) is 9.65. The Labute approximate surface area is 122 Å². The first kappa shape index (κ1) is 14.8. The number of nitrogens with one attached hydrogen (secondary N) is 1. The minimum absolute atomic E-state index is 0.435. The van der Waals surface area contributed by atoms with Gasteiger partial charge in [0.1, 0.15) is 6.07 Å². The maximum atomic E-state index is 9.44. The molecule has 1 unspecified atom stereocenters. The molecule has 4 heteroatoms. The Morgan fingerprint density at radius 2 is 2.20 bits per heavy atom. The third-order valence-electron chi connectivity index (χ3n) is 3.92. The quantitative estimate of drug-likeness (QED) is 0.911. The molecule has 0 spiro atoms. The average Bonchev–Trinajstić information content (AvgIpc) is 2.60. The summed E-state index contributed by atoms with van der Waals surface area (Å²) in [5.41, 5.74) is 3.02. The highest BCUT2D eigenvalue weighted by Crippen LogP contribution is 2.25. The Hall–Kier alpha value is -1.57. The summed E-state index contributed by atoms with van der Waals surface area (Å²) in [7, 11) is 4.09. The summed E-state index contributed by atoms with van der Waals surface area (Å²) in [5.74, 6) is 0. The van der Waals surface area contributed by atoms with E-state index in [1.165, 1.54) is 0 Å². The largest absolute Gasteiger partial charge is 0.366 e. The molecule has 1 aliphatic rings. The van der Waals surface area contributed by atoms with Crippen LogP contribution >= 0.6 is 0 Å². The van der Waals surface area contributed by atoms with Crippen LogP contribution in [0.3, 0.4) is 0 Å². The van der Waals surface area contributed by atoms with Crippen LogP contribution in [0.25, 0.3) is 0 Å². The standard InChI is InChI=1S/C16H24N4/c1-13-12-19(3)7-4-8-20(13)16-6-5-14(11-18-2)9-15(16)10-17/h5-6,9,13,18H,4,7-8,11-12H2,1-3H3. The van der Waals surface area contributed by atoms with Gasteiger partial charge in [0.25, 0.3) is 0 Å². The molecule has 1 N–H and O–H groups in total. The van der Waals surface area contributed by atoms with Crippen molar-refractivity contribution in [2.45, 2.75) is 25.9 Å². The van der Waals surface area contributed by atoms with Crippen LogP contribution in [0.1, 0.15) is 24.5 Å². The summed E-state index contributed by atoms with van der Waals surface area (Å²) in [6.07, 6.45) is 1.14. The minimum Gasteiger partial charge on any atom is -0.366 e. The van der Waals surface area contributed by atoms with Crippen LogP contribution in [0, 0.1) is 11.3 Å². The summed E-state index contributed by atoms with van der Waals surface area (Å²) in [5, 5.41) is 12.6. The lowest BCUT2D eigenvalue weighted by Crippen LogP contribution is -2.38. The predicted octanol–water partition coefficient (Wildman–Crippen LogP) is 1.81. The van der Waals surface area contributed by atoms with Crippen LogP contribution in [0.5, 0.6) is 0 Å². The summed E-state index contributed by atoms with van der Waals surface area (Å²) in [6.45, 7) is 6.23. The molecule has 0 amide bonds. The van der Waals surface area contributed by atoms with Gasteiger partial charge in [0.05, 0.1) is 11.3 Å². The lowest BCUT2D eigenvalue weighted by molar-refractivity contribution is 0.337. The molecule has 1 atom stereocenters. The van der Waals surface area contributed by atoms with Gasteiger partial charge in [-0.1, -0.05) is 6.07 Å². The minimum atomic E-state index is 0.435. The number of nitrogens with zero attached hydrogens (tertiary/aromatic N) is 3. The molecule has 1 aliphatic heterocycles. The Balaban J connectivity index is 2.29. The fourth-order valence-corrected chi connectivity index (χ4v) is 2.97. The molecule has 0 saturated carbocycles. The van der Waals surface area contributed by atoms with Gasteiger partial charge < -0.3 is 15.1 Å². The average molecular weight is 272 g/mol. The molecule has 1 fully saturated rings. The molecule has 108 valence electrons. The van der Waals surface area contributed by atoms with Crippen molar-refractivity contribution in [3.05, 3.63) is 29.3 Å². The summed E-state index contributed by atoms with van der Waals surface area (Å²) >= 11 is 0. The van der Waals surface area contributed by atoms with Crippen molar-refractivity contribution < 1.29 is 0 Å². The third-order valence-corrected chi connectivity index (χ3v) is 3.92. The van der Waals surface area contributed by atoms with Gasteiger partial charge in [-0.25, -0.2) is 0 Å². The van der Waals surface area contributed by atoms with Gasteiger partial charge in [0, 0.05) is 25.7 Å². The molecule has 0 aliphatic carbocycles. The van der Waals surface area contributed by atoms with Gasteiger partial charge in [0.15, 0.2) is 0 Å². The van der Waals surface area contributed by atoms with E-state index in [1.807, 2.05) is 13.1 Å². The fourth-order valence-electron chi connectivity index (χ4n) is 2.97. The van der Waals surface area contributed by atoms with Crippen molar-refractivity contribution in [2.75, 3.05) is 38.6 Å². The van der Waals surface area contributed by atoms with E-state index in [9.17, 15) is 5.26 Å². The summed E-state index contributed by atoms with van der Waals surface area (Å²) in [6, 6.07) is 9.03. The topological polar surface area (TPSA) is 42.3 Å². The highest BCUT2D eigenvalue weighted by Gasteiger charge is 2.21. The molecule has 2 rings (SSSR count). The molecule has 0 radical (unpaired) electrons. The van der Waals surface area contributed by atoms with E-state index in [-0.39, 0.29) is 0 Å². The second-order valence-electron chi connectivity index (χ2n) is 5.65. The van der Waals surface area contributed by atoms with Gasteiger partial charge in [-0.3, -0.25) is 0 Å². The zero-order chi connectivity index (χ0) is 14.5. The predicted molar refractivity (Wildman–Crippen MR) is 82.8 cm³/mol. The van der Waals surface area contributed by atoms with E-state index in [1.54, 1.807) is 0 Å². The van der Waals surface area contributed by atoms with Gasteiger partial charge in [-0.2, -0.15) is 5.26 Å². The van der Waals surface area contributed by atoms with Crippen LogP contribution in [-0.4, -0.2) is 44.7 Å². The van der Waals surface area contributed by atoms with Crippen molar-refractivity contribution >= 4 is 5.69 Å². The first-order valence-corrected chi connectivity index (χ1v) is 7.28. The van der Waals surface area contributed by atoms with Crippen LogP contribution < -0.4 is 10.2 Å². The normalized spacial score (nSPS) is 20.5. The third kappa shape index (κ3) is 3.30. The highest BCUT2D eigenvalue weighted by atomic mass is 15.2. The van der Waals surface area contributed by atoms with E-state index in [2.05, 4.69) is 47.3 Å². The lowest BCUT2D eigenvalue weighted by Gasteiger charge is -2.31. The van der Waals surface area contributed by atoms with Crippen LogP contribution in [-0.2, 0) is 6.54 Å². The number of benzene rings is 1. The zero-order valence-electron chi connectivity index (χ0n) is 12.7. The van der Waals surface area contributed by atoms with E-state index < -0.39 is 0 Å². The van der Waals surface area contributed by atoms with Gasteiger partial charge in [-0.05, 0) is 51.7 Å². The second-order valence-corrected chi connectivity index (χ2v) is 5.65. The van der Waals surface area contributed by atoms with Crippen LogP contribution in [0.15, 0.2) is 18.2 Å². The maximum absolute atomic E-state index is 9.44. The molecule has 20 heavy (non-hydrogen) atoms. The molecule has 0 aromatic heterocycles. The number of rotatable bonds is 3. The van der Waals surface area contributed by atoms with E-state index >= 15 is 0 Å². The van der Waals surface area contributed by atoms with Crippen molar-refractivity contribution in [3.8, 4) is 6.07 Å². The monoisotopic (exact) mass is 272 g/mol. The van der Waals surface area contributed by atoms with Gasteiger partial charge >= 0.3 is 0 Å². The zero-order valence-corrected chi connectivity index (χ0v) is 12.7. The van der Waals surface area contributed by atoms with E-state index in [0.29, 0.717) is 6.04 Å². The smallest absolute Gasteiger partial charge is 0.101 e. The lowest BCUT2D eigenvalue weighted by atomic mass is 10.1. The fraction of sp³-hybridized carbons (Fsp3) is 0.562. The van der Waals surface area contributed by atoms with Crippen LogP contribution in [0.2, 0.25) is 0 Å². The Morgan fingerprint density at radius 1 is 1.40 bits per heavy atom. The van der Waals surface area contributed by atoms with Crippen LogP contribution in [0.4, 0.5) is 5.69 Å². The van der Waals surface area contributed by atoms with Crippen molar-refractivity contribution in [1.82, 2.24) is 10.2 Å². The SMILES string of the molecule is CNCc1ccc(N2CCCN(C)CC2C)c(C#N)c1. The molecule has 1 aromatic rings. The molecule has 1 saturated heterocycles. The Morgan fingerprint density at radius 3 is 2.90 bits per heavy atom. The van der Waals surface area contributed by atoms with Crippen molar-refractivity contribution in [3.63, 3.8) is 0 Å². The summed E-state index contributed by atoms with van der Waals surface area (Å²) < 4.78 is 0. The van der Waals surface area contributed by atoms with E-state index in [0.717, 1.165) is 49.4 Å². The number of hydrogen-bond acceptors (Lipinski definition) is 4. The number of likely N-dealkylation sites (N-methyl/N-ethyl adjacent to an activating group) is 1. The Bertz CT molecular complexity index is 492. The number of hydrogen-bond donors (Lipinski definition) is 1. The number of nitriles is 1. The van der Waals surface area contributed by atoms with E-state index in [4.69, 9.17) is 0 Å². The molecule has 1 aromatic carbocycles. The molecule has 1 heterocycles. The molecular formula is C16H24N4. The van der Waals surface area contributed by atoms with Crippen molar-refractivity contribution in [1.29, 1.82) is 5.26 Å². The van der Waals surface area contributed by atoms with Crippen molar-refractivity contribution in [2.24, 2.45) is 0 Å². The maximum Gasteiger partial charge on any atom is 0.101 e. The van der Waals surface area contributed by atoms with Gasteiger partial charge in [-0.15, -0.1) is 0 Å². The number of anilines is 1. The van der Waals surface area contributed by atoms with Gasteiger partial charge in [0.2, 0.25) is 0 Å². The molecular weight excluding hydrogens is 248 g/mol. The Kier molecular flexibility index (Phi) is 4.99.